The molecule has 1 N–H and O–H groups in total. The van der Waals surface area contributed by atoms with Crippen LogP contribution in [0.1, 0.15) is 34.3 Å². The minimum absolute atomic E-state index is 0.00643. The van der Waals surface area contributed by atoms with Crippen molar-refractivity contribution in [1.82, 2.24) is 10.2 Å². The van der Waals surface area contributed by atoms with Crippen LogP contribution in [0.2, 0.25) is 0 Å². The fourth-order valence-electron chi connectivity index (χ4n) is 4.09. The molecule has 4 nitrogen and oxygen atoms in total. The lowest BCUT2D eigenvalue weighted by molar-refractivity contribution is -0.137. The number of likely N-dealkylation sites (tertiary alicyclic amines) is 1. The van der Waals surface area contributed by atoms with E-state index in [0.29, 0.717) is 18.5 Å². The molecule has 1 fully saturated rings. The van der Waals surface area contributed by atoms with Crippen LogP contribution in [0.4, 0.5) is 17.6 Å². The second kappa shape index (κ2) is 9.08. The molecule has 0 saturated carbocycles. The fourth-order valence-corrected chi connectivity index (χ4v) is 4.73. The van der Waals surface area contributed by atoms with Crippen molar-refractivity contribution in [2.45, 2.75) is 29.5 Å². The molecule has 168 valence electrons. The summed E-state index contributed by atoms with van der Waals surface area (Å²) in [5.41, 5.74) is -1.55. The van der Waals surface area contributed by atoms with Crippen molar-refractivity contribution in [2.75, 3.05) is 33.5 Å². The van der Waals surface area contributed by atoms with E-state index in [2.05, 4.69) is 5.32 Å². The largest absolute Gasteiger partial charge is 0.496 e. The number of hydrogen-bond donors (Lipinski definition) is 1. The van der Waals surface area contributed by atoms with Crippen LogP contribution in [0.5, 0.6) is 5.75 Å². The van der Waals surface area contributed by atoms with Gasteiger partial charge in [0.25, 0.3) is 5.91 Å². The van der Waals surface area contributed by atoms with Crippen molar-refractivity contribution in [2.24, 2.45) is 0 Å². The lowest BCUT2D eigenvalue weighted by Gasteiger charge is -2.42. The molecule has 2 aromatic rings. The van der Waals surface area contributed by atoms with Gasteiger partial charge in [0.2, 0.25) is 0 Å². The molecule has 0 aromatic heterocycles. The van der Waals surface area contributed by atoms with Crippen molar-refractivity contribution in [3.63, 3.8) is 0 Å². The third-order valence-electron chi connectivity index (χ3n) is 5.49. The maximum absolute atomic E-state index is 14.8. The highest BCUT2D eigenvalue weighted by molar-refractivity contribution is 7.98. The number of carbonyl (C=O) groups excluding carboxylic acids is 1. The van der Waals surface area contributed by atoms with E-state index >= 15 is 0 Å². The maximum atomic E-state index is 14.8. The van der Waals surface area contributed by atoms with Gasteiger partial charge >= 0.3 is 6.18 Å². The van der Waals surface area contributed by atoms with Crippen molar-refractivity contribution in [3.8, 4) is 5.75 Å². The number of methoxy groups -OCH3 is 1. The molecule has 0 spiro atoms. The number of ether oxygens (including phenoxy) is 1. The Kier molecular flexibility index (Phi) is 6.85. The number of piperidine rings is 1. The molecule has 2 aromatic carbocycles. The SMILES string of the molecule is COc1cc(C(F)(F)F)cc(SC)c1C(=O)N[C@@]1(c2ccccc2F)CCCN(C)C1. The normalized spacial score (nSPS) is 19.8. The van der Waals surface area contributed by atoms with Gasteiger partial charge in [0.15, 0.2) is 0 Å². The van der Waals surface area contributed by atoms with Gasteiger partial charge in [-0.2, -0.15) is 13.2 Å². The smallest absolute Gasteiger partial charge is 0.416 e. The Morgan fingerprint density at radius 2 is 1.97 bits per heavy atom. The van der Waals surface area contributed by atoms with Gasteiger partial charge in [-0.3, -0.25) is 4.79 Å². The zero-order chi connectivity index (χ0) is 22.8. The summed E-state index contributed by atoms with van der Waals surface area (Å²) in [5, 5.41) is 2.95. The van der Waals surface area contributed by atoms with Gasteiger partial charge in [0.1, 0.15) is 11.6 Å². The molecule has 9 heteroatoms. The number of hydrogen-bond acceptors (Lipinski definition) is 4. The first-order valence-corrected chi connectivity index (χ1v) is 10.9. The van der Waals surface area contributed by atoms with Gasteiger partial charge < -0.3 is 15.0 Å². The Bertz CT molecular complexity index is 942. The molecule has 1 atom stereocenters. The van der Waals surface area contributed by atoms with Gasteiger partial charge in [0.05, 0.1) is 23.8 Å². The Balaban J connectivity index is 2.08. The molecule has 0 aliphatic carbocycles. The predicted molar refractivity (Wildman–Crippen MR) is 112 cm³/mol. The quantitative estimate of drug-likeness (QED) is 0.512. The summed E-state index contributed by atoms with van der Waals surface area (Å²) in [6.45, 7) is 1.17. The number of benzene rings is 2. The number of halogens is 4. The van der Waals surface area contributed by atoms with Crippen LogP contribution >= 0.6 is 11.8 Å². The van der Waals surface area contributed by atoms with Crippen LogP contribution in [0.15, 0.2) is 41.3 Å². The Morgan fingerprint density at radius 3 is 2.55 bits per heavy atom. The number of thioether (sulfide) groups is 1. The van der Waals surface area contributed by atoms with E-state index in [9.17, 15) is 22.4 Å². The highest BCUT2D eigenvalue weighted by atomic mass is 32.2. The standard InChI is InChI=1S/C22H24F4N2O2S/c1-28-10-6-9-21(13-28,15-7-4-5-8-16(15)23)27-20(29)19-17(30-2)11-14(22(24,25)26)12-18(19)31-3/h4-5,7-8,11-12H,6,9-10,13H2,1-3H3,(H,27,29)/t21-/m0/s1. The van der Waals surface area contributed by atoms with Gasteiger partial charge in [-0.15, -0.1) is 11.8 Å². The molecule has 0 unspecified atom stereocenters. The molecule has 1 amide bonds. The summed E-state index contributed by atoms with van der Waals surface area (Å²) in [7, 11) is 3.10. The first-order valence-electron chi connectivity index (χ1n) is 9.70. The molecule has 0 radical (unpaired) electrons. The molecule has 1 saturated heterocycles. The lowest BCUT2D eigenvalue weighted by atomic mass is 9.81. The van der Waals surface area contributed by atoms with E-state index in [1.165, 1.54) is 13.2 Å². The minimum Gasteiger partial charge on any atom is -0.496 e. The van der Waals surface area contributed by atoms with Crippen molar-refractivity contribution in [1.29, 1.82) is 0 Å². The Morgan fingerprint density at radius 1 is 1.26 bits per heavy atom. The first kappa shape index (κ1) is 23.4. The zero-order valence-electron chi connectivity index (χ0n) is 17.5. The van der Waals surface area contributed by atoms with E-state index in [0.717, 1.165) is 36.9 Å². The molecular formula is C22H24F4N2O2S. The number of alkyl halides is 3. The lowest BCUT2D eigenvalue weighted by Crippen LogP contribution is -2.56. The van der Waals surface area contributed by atoms with E-state index in [-0.39, 0.29) is 16.2 Å². The predicted octanol–water partition coefficient (Wildman–Crippen LogP) is 4.93. The highest BCUT2D eigenvalue weighted by Crippen LogP contribution is 2.39. The topological polar surface area (TPSA) is 41.6 Å². The molecule has 0 bridgehead atoms. The first-order chi connectivity index (χ1) is 14.6. The third-order valence-corrected chi connectivity index (χ3v) is 6.25. The Hall–Kier alpha value is -2.26. The average molecular weight is 457 g/mol. The minimum atomic E-state index is -4.58. The maximum Gasteiger partial charge on any atom is 0.416 e. The zero-order valence-corrected chi connectivity index (χ0v) is 18.3. The summed E-state index contributed by atoms with van der Waals surface area (Å²) in [6.07, 6.45) is -1.76. The highest BCUT2D eigenvalue weighted by Gasteiger charge is 2.41. The second-order valence-electron chi connectivity index (χ2n) is 7.61. The number of likely N-dealkylation sites (N-methyl/N-ethyl adjacent to an activating group) is 1. The molecule has 1 aliphatic heterocycles. The fraction of sp³-hybridized carbons (Fsp3) is 0.409. The molecule has 1 heterocycles. The van der Waals surface area contributed by atoms with Gasteiger partial charge in [-0.05, 0) is 50.9 Å². The molecule has 1 aliphatic rings. The number of rotatable bonds is 5. The molecule has 31 heavy (non-hydrogen) atoms. The summed E-state index contributed by atoms with van der Waals surface area (Å²) in [4.78, 5) is 15.5. The summed E-state index contributed by atoms with van der Waals surface area (Å²) in [6, 6.07) is 8.00. The van der Waals surface area contributed by atoms with Crippen LogP contribution in [0.3, 0.4) is 0 Å². The van der Waals surface area contributed by atoms with E-state index < -0.39 is 29.0 Å². The van der Waals surface area contributed by atoms with Crippen LogP contribution in [-0.2, 0) is 11.7 Å². The van der Waals surface area contributed by atoms with E-state index in [4.69, 9.17) is 4.74 Å². The van der Waals surface area contributed by atoms with Gasteiger partial charge in [-0.25, -0.2) is 4.39 Å². The number of amides is 1. The summed E-state index contributed by atoms with van der Waals surface area (Å²) in [5.74, 6) is -1.22. The van der Waals surface area contributed by atoms with Gasteiger partial charge in [-0.1, -0.05) is 18.2 Å². The van der Waals surface area contributed by atoms with Crippen molar-refractivity contribution >= 4 is 17.7 Å². The number of carbonyl (C=O) groups is 1. The van der Waals surface area contributed by atoms with Gasteiger partial charge in [0, 0.05) is 17.0 Å². The van der Waals surface area contributed by atoms with Crippen LogP contribution in [-0.4, -0.2) is 44.3 Å². The number of nitrogens with zero attached hydrogens (tertiary/aromatic N) is 1. The summed E-state index contributed by atoms with van der Waals surface area (Å²) >= 11 is 1.02. The Labute approximate surface area is 183 Å². The molecular weight excluding hydrogens is 432 g/mol. The van der Waals surface area contributed by atoms with Crippen LogP contribution in [0, 0.1) is 5.82 Å². The second-order valence-corrected chi connectivity index (χ2v) is 8.46. The average Bonchev–Trinajstić information content (AvgIpc) is 2.72. The summed E-state index contributed by atoms with van der Waals surface area (Å²) < 4.78 is 59.8. The number of nitrogens with one attached hydrogen (secondary N) is 1. The van der Waals surface area contributed by atoms with E-state index in [1.807, 2.05) is 11.9 Å². The monoisotopic (exact) mass is 456 g/mol. The van der Waals surface area contributed by atoms with Crippen molar-refractivity contribution in [3.05, 3.63) is 58.9 Å². The third kappa shape index (κ3) is 4.82. The van der Waals surface area contributed by atoms with Crippen molar-refractivity contribution < 1.29 is 27.1 Å². The molecule has 3 rings (SSSR count). The van der Waals surface area contributed by atoms with E-state index in [1.54, 1.807) is 24.5 Å². The van der Waals surface area contributed by atoms with Crippen LogP contribution in [0.25, 0.3) is 0 Å². The van der Waals surface area contributed by atoms with Crippen LogP contribution < -0.4 is 10.1 Å².